The fraction of sp³-hybridized carbons (Fsp3) is 0.300. The van der Waals surface area contributed by atoms with E-state index >= 15 is 0 Å². The maximum Gasteiger partial charge on any atom is 0.269 e. The number of piperazine rings is 1. The number of nitro groups is 1. The van der Waals surface area contributed by atoms with Crippen molar-refractivity contribution in [1.29, 1.82) is 0 Å². The number of nitrogens with one attached hydrogen (secondary N) is 1. The van der Waals surface area contributed by atoms with Gasteiger partial charge in [-0.3, -0.25) is 19.7 Å². The molecule has 0 aliphatic carbocycles. The highest BCUT2D eigenvalue weighted by atomic mass is 16.6. The van der Waals surface area contributed by atoms with E-state index < -0.39 is 4.92 Å². The van der Waals surface area contributed by atoms with Gasteiger partial charge in [0, 0.05) is 62.5 Å². The van der Waals surface area contributed by atoms with Crippen LogP contribution in [0.25, 0.3) is 0 Å². The maximum absolute atomic E-state index is 12.4. The first kappa shape index (κ1) is 19.3. The minimum absolute atomic E-state index is 0.0108. The van der Waals surface area contributed by atoms with E-state index in [2.05, 4.69) is 10.2 Å². The highest BCUT2D eigenvalue weighted by Gasteiger charge is 2.21. The van der Waals surface area contributed by atoms with Gasteiger partial charge in [-0.15, -0.1) is 0 Å². The molecule has 0 spiro atoms. The smallest absolute Gasteiger partial charge is 0.269 e. The molecule has 0 atom stereocenters. The summed E-state index contributed by atoms with van der Waals surface area (Å²) in [5.41, 5.74) is 1.55. The third-order valence-electron chi connectivity index (χ3n) is 4.72. The average molecular weight is 382 g/mol. The predicted molar refractivity (Wildman–Crippen MR) is 105 cm³/mol. The summed E-state index contributed by atoms with van der Waals surface area (Å²) < 4.78 is 0. The molecular weight excluding hydrogens is 360 g/mol. The summed E-state index contributed by atoms with van der Waals surface area (Å²) in [4.78, 5) is 38.6. The van der Waals surface area contributed by atoms with E-state index in [4.69, 9.17) is 0 Å². The van der Waals surface area contributed by atoms with Crippen molar-refractivity contribution in [3.8, 4) is 0 Å². The summed E-state index contributed by atoms with van der Waals surface area (Å²) in [6.45, 7) is 2.81. The Bertz CT molecular complexity index is 831. The van der Waals surface area contributed by atoms with E-state index in [0.717, 1.165) is 5.69 Å². The first-order valence-electron chi connectivity index (χ1n) is 9.15. The van der Waals surface area contributed by atoms with Crippen molar-refractivity contribution in [2.45, 2.75) is 6.42 Å². The highest BCUT2D eigenvalue weighted by molar-refractivity contribution is 5.94. The zero-order chi connectivity index (χ0) is 19.9. The Hall–Kier alpha value is -3.42. The first-order valence-corrected chi connectivity index (χ1v) is 9.15. The number of rotatable bonds is 6. The van der Waals surface area contributed by atoms with Gasteiger partial charge in [0.05, 0.1) is 4.92 Å². The third kappa shape index (κ3) is 4.85. The summed E-state index contributed by atoms with van der Waals surface area (Å²) in [5, 5.41) is 13.5. The van der Waals surface area contributed by atoms with Crippen molar-refractivity contribution in [3.63, 3.8) is 0 Å². The molecule has 2 aromatic carbocycles. The monoisotopic (exact) mass is 382 g/mol. The Morgan fingerprint density at radius 1 is 0.964 bits per heavy atom. The minimum atomic E-state index is -0.420. The van der Waals surface area contributed by atoms with Crippen molar-refractivity contribution in [3.05, 3.63) is 70.3 Å². The summed E-state index contributed by atoms with van der Waals surface area (Å²) in [7, 11) is 0. The Labute approximate surface area is 162 Å². The number of amides is 2. The van der Waals surface area contributed by atoms with Crippen LogP contribution in [0.15, 0.2) is 54.6 Å². The molecule has 146 valence electrons. The molecule has 2 aromatic rings. The number of hydrogen-bond acceptors (Lipinski definition) is 5. The Morgan fingerprint density at radius 2 is 1.61 bits per heavy atom. The normalized spacial score (nSPS) is 13.9. The van der Waals surface area contributed by atoms with Gasteiger partial charge in [-0.1, -0.05) is 18.2 Å². The molecule has 1 heterocycles. The molecule has 2 amide bonds. The number of anilines is 1. The molecule has 1 fully saturated rings. The molecule has 0 aromatic heterocycles. The third-order valence-corrected chi connectivity index (χ3v) is 4.72. The molecule has 1 saturated heterocycles. The topological polar surface area (TPSA) is 95.8 Å². The van der Waals surface area contributed by atoms with Gasteiger partial charge < -0.3 is 15.1 Å². The summed E-state index contributed by atoms with van der Waals surface area (Å²) in [6, 6.07) is 15.3. The van der Waals surface area contributed by atoms with Crippen LogP contribution in [0, 0.1) is 10.1 Å². The molecule has 3 rings (SSSR count). The van der Waals surface area contributed by atoms with Crippen molar-refractivity contribution in [2.75, 3.05) is 37.6 Å². The van der Waals surface area contributed by atoms with E-state index in [9.17, 15) is 19.7 Å². The van der Waals surface area contributed by atoms with Gasteiger partial charge in [-0.25, -0.2) is 0 Å². The van der Waals surface area contributed by atoms with Crippen LogP contribution in [0.5, 0.6) is 0 Å². The Kier molecular flexibility index (Phi) is 6.21. The zero-order valence-electron chi connectivity index (χ0n) is 15.4. The number of nitro benzene ring substituents is 1. The quantitative estimate of drug-likeness (QED) is 0.609. The standard InChI is InChI=1S/C20H22N4O4/c25-19(10-11-21-20(26)16-4-2-1-3-5-16)23-14-12-22(13-15-23)17-6-8-18(9-7-17)24(27)28/h1-9H,10-15H2,(H,21,26). The van der Waals surface area contributed by atoms with Crippen LogP contribution in [0.2, 0.25) is 0 Å². The van der Waals surface area contributed by atoms with Crippen LogP contribution < -0.4 is 10.2 Å². The second kappa shape index (κ2) is 8.98. The van der Waals surface area contributed by atoms with Crippen LogP contribution in [0.1, 0.15) is 16.8 Å². The Morgan fingerprint density at radius 3 is 2.21 bits per heavy atom. The van der Waals surface area contributed by atoms with E-state index in [1.807, 2.05) is 6.07 Å². The summed E-state index contributed by atoms with van der Waals surface area (Å²) in [5.74, 6) is -0.173. The summed E-state index contributed by atoms with van der Waals surface area (Å²) >= 11 is 0. The minimum Gasteiger partial charge on any atom is -0.368 e. The number of benzene rings is 2. The second-order valence-corrected chi connectivity index (χ2v) is 6.51. The van der Waals surface area contributed by atoms with Gasteiger partial charge in [0.15, 0.2) is 0 Å². The molecule has 0 bridgehead atoms. The van der Waals surface area contributed by atoms with Crippen LogP contribution >= 0.6 is 0 Å². The molecule has 1 aliphatic rings. The average Bonchev–Trinajstić information content (AvgIpc) is 2.74. The zero-order valence-corrected chi connectivity index (χ0v) is 15.4. The lowest BCUT2D eigenvalue weighted by Crippen LogP contribution is -2.49. The fourth-order valence-corrected chi connectivity index (χ4v) is 3.13. The van der Waals surface area contributed by atoms with Gasteiger partial charge in [0.1, 0.15) is 0 Å². The second-order valence-electron chi connectivity index (χ2n) is 6.51. The van der Waals surface area contributed by atoms with Crippen molar-refractivity contribution in [1.82, 2.24) is 10.2 Å². The van der Waals surface area contributed by atoms with E-state index in [-0.39, 0.29) is 23.9 Å². The highest BCUT2D eigenvalue weighted by Crippen LogP contribution is 2.20. The van der Waals surface area contributed by atoms with Crippen molar-refractivity contribution >= 4 is 23.2 Å². The predicted octanol–water partition coefficient (Wildman–Crippen LogP) is 2.06. The van der Waals surface area contributed by atoms with Crippen molar-refractivity contribution in [2.24, 2.45) is 0 Å². The van der Waals surface area contributed by atoms with Crippen molar-refractivity contribution < 1.29 is 14.5 Å². The molecular formula is C20H22N4O4. The number of non-ortho nitro benzene ring substituents is 1. The van der Waals surface area contributed by atoms with E-state index in [1.165, 1.54) is 12.1 Å². The van der Waals surface area contributed by atoms with Gasteiger partial charge >= 0.3 is 0 Å². The fourth-order valence-electron chi connectivity index (χ4n) is 3.13. The molecule has 8 nitrogen and oxygen atoms in total. The molecule has 0 unspecified atom stereocenters. The van der Waals surface area contributed by atoms with Crippen LogP contribution in [0.4, 0.5) is 11.4 Å². The SMILES string of the molecule is O=C(NCCC(=O)N1CCN(c2ccc([N+](=O)[O-])cc2)CC1)c1ccccc1. The maximum atomic E-state index is 12.4. The first-order chi connectivity index (χ1) is 13.5. The molecule has 28 heavy (non-hydrogen) atoms. The number of carbonyl (C=O) groups is 2. The molecule has 1 aliphatic heterocycles. The molecule has 8 heteroatoms. The lowest BCUT2D eigenvalue weighted by atomic mass is 10.2. The van der Waals surface area contributed by atoms with E-state index in [1.54, 1.807) is 41.3 Å². The molecule has 0 saturated carbocycles. The van der Waals surface area contributed by atoms with Gasteiger partial charge in [-0.05, 0) is 24.3 Å². The van der Waals surface area contributed by atoms with Crippen LogP contribution in [-0.4, -0.2) is 54.4 Å². The van der Waals surface area contributed by atoms with Gasteiger partial charge in [-0.2, -0.15) is 0 Å². The van der Waals surface area contributed by atoms with Crippen LogP contribution in [0.3, 0.4) is 0 Å². The number of carbonyl (C=O) groups excluding carboxylic acids is 2. The van der Waals surface area contributed by atoms with Crippen LogP contribution in [-0.2, 0) is 4.79 Å². The largest absolute Gasteiger partial charge is 0.368 e. The molecule has 0 radical (unpaired) electrons. The van der Waals surface area contributed by atoms with Gasteiger partial charge in [0.25, 0.3) is 11.6 Å². The number of hydrogen-bond donors (Lipinski definition) is 1. The lowest BCUT2D eigenvalue weighted by Gasteiger charge is -2.36. The molecule has 1 N–H and O–H groups in total. The lowest BCUT2D eigenvalue weighted by molar-refractivity contribution is -0.384. The van der Waals surface area contributed by atoms with E-state index in [0.29, 0.717) is 38.3 Å². The Balaban J connectivity index is 1.42. The number of nitrogens with zero attached hydrogens (tertiary/aromatic N) is 3. The van der Waals surface area contributed by atoms with Gasteiger partial charge in [0.2, 0.25) is 5.91 Å². The summed E-state index contributed by atoms with van der Waals surface area (Å²) in [6.07, 6.45) is 0.260.